The largest absolute Gasteiger partial charge is 0.478 e. The lowest BCUT2D eigenvalue weighted by atomic mass is 9.85. The molecule has 3 aromatic rings. The predicted octanol–water partition coefficient (Wildman–Crippen LogP) is 5.05. The van der Waals surface area contributed by atoms with E-state index in [0.717, 1.165) is 11.3 Å². The Morgan fingerprint density at radius 2 is 1.50 bits per heavy atom. The summed E-state index contributed by atoms with van der Waals surface area (Å²) in [7, 11) is 0. The molecule has 0 aliphatic rings. The van der Waals surface area contributed by atoms with Gasteiger partial charge >= 0.3 is 5.97 Å². The van der Waals surface area contributed by atoms with Crippen molar-refractivity contribution >= 4 is 23.3 Å². The smallest absolute Gasteiger partial charge is 0.337 e. The molecule has 1 amide bonds. The van der Waals surface area contributed by atoms with Crippen molar-refractivity contribution in [1.29, 1.82) is 0 Å². The number of nitrogens with one attached hydrogen (secondary N) is 2. The molecule has 3 aromatic carbocycles. The number of ether oxygens (including phenoxy) is 1. The van der Waals surface area contributed by atoms with Gasteiger partial charge in [0.1, 0.15) is 6.10 Å². The molecule has 0 saturated carbocycles. The summed E-state index contributed by atoms with van der Waals surface area (Å²) in [6.07, 6.45) is -0.833. The number of carbonyl (C=O) groups excluding carboxylic acids is 1. The molecule has 1 atom stereocenters. The van der Waals surface area contributed by atoms with Crippen LogP contribution in [0.15, 0.2) is 84.9 Å². The highest BCUT2D eigenvalue weighted by Gasteiger charge is 2.36. The minimum absolute atomic E-state index is 0.0304. The lowest BCUT2D eigenvalue weighted by molar-refractivity contribution is -0.136. The molecule has 0 fully saturated rings. The third-order valence-corrected chi connectivity index (χ3v) is 5.14. The molecule has 32 heavy (non-hydrogen) atoms. The Morgan fingerprint density at radius 1 is 0.906 bits per heavy atom. The molecular formula is C26H28N2O4. The summed E-state index contributed by atoms with van der Waals surface area (Å²) < 4.78 is 6.12. The fourth-order valence-corrected chi connectivity index (χ4v) is 3.37. The van der Waals surface area contributed by atoms with E-state index in [4.69, 9.17) is 4.74 Å². The van der Waals surface area contributed by atoms with Crippen molar-refractivity contribution in [2.75, 3.05) is 17.2 Å². The SMILES string of the molecule is CC(C)(CNc1ccccc1)C(OCc1ccccc1)C(=O)Nc1ccccc1C(=O)O. The Labute approximate surface area is 188 Å². The summed E-state index contributed by atoms with van der Waals surface area (Å²) in [5, 5.41) is 15.6. The molecule has 0 saturated heterocycles. The Bertz CT molecular complexity index is 1040. The highest BCUT2D eigenvalue weighted by atomic mass is 16.5. The van der Waals surface area contributed by atoms with Crippen molar-refractivity contribution in [3.05, 3.63) is 96.1 Å². The molecule has 0 bridgehead atoms. The van der Waals surface area contributed by atoms with E-state index in [-0.39, 0.29) is 17.9 Å². The van der Waals surface area contributed by atoms with Crippen LogP contribution in [0.5, 0.6) is 0 Å². The van der Waals surface area contributed by atoms with Crippen molar-refractivity contribution in [3.63, 3.8) is 0 Å². The maximum absolute atomic E-state index is 13.3. The van der Waals surface area contributed by atoms with E-state index in [0.29, 0.717) is 6.54 Å². The molecule has 0 aliphatic carbocycles. The summed E-state index contributed by atoms with van der Waals surface area (Å²) in [5.41, 5.74) is 1.56. The summed E-state index contributed by atoms with van der Waals surface area (Å²) in [4.78, 5) is 24.9. The molecule has 166 valence electrons. The zero-order chi connectivity index (χ0) is 23.0. The molecule has 0 spiro atoms. The first-order chi connectivity index (χ1) is 15.4. The fraction of sp³-hybridized carbons (Fsp3) is 0.231. The molecule has 6 nitrogen and oxygen atoms in total. The van der Waals surface area contributed by atoms with E-state index in [1.807, 2.05) is 74.5 Å². The number of para-hydroxylation sites is 2. The van der Waals surface area contributed by atoms with Crippen LogP contribution in [-0.2, 0) is 16.1 Å². The normalized spacial score (nSPS) is 12.1. The molecular weight excluding hydrogens is 404 g/mol. The van der Waals surface area contributed by atoms with E-state index in [1.165, 1.54) is 6.07 Å². The molecule has 3 N–H and O–H groups in total. The Morgan fingerprint density at radius 3 is 2.16 bits per heavy atom. The zero-order valence-electron chi connectivity index (χ0n) is 18.2. The number of carboxylic acid groups (broad SMARTS) is 1. The van der Waals surface area contributed by atoms with E-state index in [1.54, 1.807) is 18.2 Å². The van der Waals surface area contributed by atoms with E-state index < -0.39 is 23.4 Å². The monoisotopic (exact) mass is 432 g/mol. The van der Waals surface area contributed by atoms with Crippen molar-refractivity contribution in [2.24, 2.45) is 5.41 Å². The van der Waals surface area contributed by atoms with Gasteiger partial charge in [-0.2, -0.15) is 0 Å². The summed E-state index contributed by atoms with van der Waals surface area (Å²) in [5.74, 6) is -1.50. The van der Waals surface area contributed by atoms with Gasteiger partial charge in [-0.25, -0.2) is 4.79 Å². The van der Waals surface area contributed by atoms with E-state index >= 15 is 0 Å². The van der Waals surface area contributed by atoms with Gasteiger partial charge in [0.15, 0.2) is 0 Å². The number of hydrogen-bond donors (Lipinski definition) is 3. The number of benzene rings is 3. The van der Waals surface area contributed by atoms with Crippen LogP contribution in [0, 0.1) is 5.41 Å². The number of aromatic carboxylic acids is 1. The molecule has 0 aromatic heterocycles. The first-order valence-electron chi connectivity index (χ1n) is 10.4. The van der Waals surface area contributed by atoms with Gasteiger partial charge in [-0.1, -0.05) is 74.5 Å². The Hall–Kier alpha value is -3.64. The highest BCUT2D eigenvalue weighted by Crippen LogP contribution is 2.27. The van der Waals surface area contributed by atoms with Crippen molar-refractivity contribution in [3.8, 4) is 0 Å². The van der Waals surface area contributed by atoms with Crippen molar-refractivity contribution < 1.29 is 19.4 Å². The lowest BCUT2D eigenvalue weighted by Crippen LogP contribution is -2.46. The first kappa shape index (κ1) is 23.0. The van der Waals surface area contributed by atoms with Crippen LogP contribution in [-0.4, -0.2) is 29.6 Å². The highest BCUT2D eigenvalue weighted by molar-refractivity contribution is 6.02. The second kappa shape index (κ2) is 10.6. The fourth-order valence-electron chi connectivity index (χ4n) is 3.37. The van der Waals surface area contributed by atoms with Crippen molar-refractivity contribution in [1.82, 2.24) is 0 Å². The van der Waals surface area contributed by atoms with E-state index in [9.17, 15) is 14.7 Å². The van der Waals surface area contributed by atoms with Gasteiger partial charge in [0, 0.05) is 17.6 Å². The number of rotatable bonds is 10. The summed E-state index contributed by atoms with van der Waals surface area (Å²) in [6, 6.07) is 25.7. The number of hydrogen-bond acceptors (Lipinski definition) is 4. The topological polar surface area (TPSA) is 87.7 Å². The molecule has 1 unspecified atom stereocenters. The van der Waals surface area contributed by atoms with Crippen molar-refractivity contribution in [2.45, 2.75) is 26.6 Å². The molecule has 3 rings (SSSR count). The second-order valence-electron chi connectivity index (χ2n) is 8.22. The number of anilines is 2. The first-order valence-corrected chi connectivity index (χ1v) is 10.4. The van der Waals surface area contributed by atoms with Gasteiger partial charge in [0.2, 0.25) is 0 Å². The lowest BCUT2D eigenvalue weighted by Gasteiger charge is -2.34. The Balaban J connectivity index is 1.80. The van der Waals surface area contributed by atoms with Crippen LogP contribution in [0.4, 0.5) is 11.4 Å². The van der Waals surface area contributed by atoms with Gasteiger partial charge in [0.05, 0.1) is 17.9 Å². The average Bonchev–Trinajstić information content (AvgIpc) is 2.79. The van der Waals surface area contributed by atoms with Crippen LogP contribution in [0.1, 0.15) is 29.8 Å². The van der Waals surface area contributed by atoms with Gasteiger partial charge in [0.25, 0.3) is 5.91 Å². The molecule has 0 radical (unpaired) electrons. The van der Waals surface area contributed by atoms with Gasteiger partial charge < -0.3 is 20.5 Å². The summed E-state index contributed by atoms with van der Waals surface area (Å²) in [6.45, 7) is 4.63. The quantitative estimate of drug-likeness (QED) is 0.417. The third-order valence-electron chi connectivity index (χ3n) is 5.14. The third kappa shape index (κ3) is 6.18. The maximum Gasteiger partial charge on any atom is 0.337 e. The van der Waals surface area contributed by atoms with Gasteiger partial charge in [-0.15, -0.1) is 0 Å². The molecule has 0 aliphatic heterocycles. The number of carbonyl (C=O) groups is 2. The minimum Gasteiger partial charge on any atom is -0.478 e. The van der Waals surface area contributed by atoms with Gasteiger partial charge in [-0.3, -0.25) is 4.79 Å². The summed E-state index contributed by atoms with van der Waals surface area (Å²) >= 11 is 0. The number of carboxylic acids is 1. The minimum atomic E-state index is -1.10. The number of amides is 1. The van der Waals surface area contributed by atoms with E-state index in [2.05, 4.69) is 10.6 Å². The zero-order valence-corrected chi connectivity index (χ0v) is 18.2. The van der Waals surface area contributed by atoms with Crippen LogP contribution in [0.3, 0.4) is 0 Å². The van der Waals surface area contributed by atoms with Crippen LogP contribution < -0.4 is 10.6 Å². The maximum atomic E-state index is 13.3. The average molecular weight is 433 g/mol. The second-order valence-corrected chi connectivity index (χ2v) is 8.22. The van der Waals surface area contributed by atoms with Gasteiger partial charge in [-0.05, 0) is 29.8 Å². The van der Waals surface area contributed by atoms with Crippen LogP contribution in [0.25, 0.3) is 0 Å². The molecule has 6 heteroatoms. The Kier molecular flexibility index (Phi) is 7.63. The van der Waals surface area contributed by atoms with Crippen LogP contribution >= 0.6 is 0 Å². The standard InChI is InChI=1S/C26H28N2O4/c1-26(2,18-27-20-13-7-4-8-14-20)23(32-17-19-11-5-3-6-12-19)24(29)28-22-16-10-9-15-21(22)25(30)31/h3-16,23,27H,17-18H2,1-2H3,(H,28,29)(H,30,31). The van der Waals surface area contributed by atoms with Crippen LogP contribution in [0.2, 0.25) is 0 Å². The molecule has 0 heterocycles. The predicted molar refractivity (Wildman–Crippen MR) is 126 cm³/mol.